The molecular weight excluding hydrogens is 244 g/mol. The Bertz CT molecular complexity index is 511. The first-order valence-corrected chi connectivity index (χ1v) is 5.95. The average Bonchev–Trinajstić information content (AvgIpc) is 2.75. The minimum Gasteiger partial charge on any atom is -0.320 e. The second-order valence-electron chi connectivity index (χ2n) is 3.23. The number of aromatic nitrogens is 1. The Labute approximate surface area is 102 Å². The summed E-state index contributed by atoms with van der Waals surface area (Å²) in [5, 5.41) is 6.87. The smallest absolute Gasteiger partial charge is 0.256 e. The number of hydrogen-bond donors (Lipinski definition) is 1. The lowest BCUT2D eigenvalue weighted by atomic mass is 10.2. The number of thiophene rings is 1. The second kappa shape index (κ2) is 4.63. The van der Waals surface area contributed by atoms with Gasteiger partial charge in [-0.25, -0.2) is 4.98 Å². The number of aryl methyl sites for hydroxylation is 1. The average molecular weight is 253 g/mol. The number of nitrogens with zero attached hydrogens (tertiary/aromatic N) is 1. The maximum Gasteiger partial charge on any atom is 0.256 e. The predicted molar refractivity (Wildman–Crippen MR) is 66.3 cm³/mol. The SMILES string of the molecule is Cc1nc(Cl)ccc1NC(=O)c1ccsc1. The van der Waals surface area contributed by atoms with Crippen LogP contribution in [0.15, 0.2) is 29.0 Å². The van der Waals surface area contributed by atoms with E-state index in [-0.39, 0.29) is 5.91 Å². The van der Waals surface area contributed by atoms with Crippen LogP contribution in [0.5, 0.6) is 0 Å². The van der Waals surface area contributed by atoms with Crippen molar-refractivity contribution in [3.63, 3.8) is 0 Å². The van der Waals surface area contributed by atoms with Gasteiger partial charge in [-0.3, -0.25) is 4.79 Å². The fourth-order valence-corrected chi connectivity index (χ4v) is 2.08. The second-order valence-corrected chi connectivity index (χ2v) is 4.40. The van der Waals surface area contributed by atoms with E-state index in [0.717, 1.165) is 0 Å². The third-order valence-corrected chi connectivity index (χ3v) is 2.98. The summed E-state index contributed by atoms with van der Waals surface area (Å²) < 4.78 is 0. The van der Waals surface area contributed by atoms with Gasteiger partial charge in [0.15, 0.2) is 0 Å². The first-order valence-electron chi connectivity index (χ1n) is 4.63. The molecule has 0 saturated heterocycles. The molecule has 0 aliphatic carbocycles. The van der Waals surface area contributed by atoms with Crippen molar-refractivity contribution in [2.45, 2.75) is 6.92 Å². The molecule has 1 N–H and O–H groups in total. The highest BCUT2D eigenvalue weighted by molar-refractivity contribution is 7.08. The van der Waals surface area contributed by atoms with Crippen LogP contribution in [0.1, 0.15) is 16.1 Å². The van der Waals surface area contributed by atoms with Crippen LogP contribution in [0.3, 0.4) is 0 Å². The van der Waals surface area contributed by atoms with E-state index < -0.39 is 0 Å². The van der Waals surface area contributed by atoms with E-state index in [1.54, 1.807) is 30.5 Å². The van der Waals surface area contributed by atoms with E-state index in [1.807, 2.05) is 5.38 Å². The lowest BCUT2D eigenvalue weighted by molar-refractivity contribution is 0.102. The van der Waals surface area contributed by atoms with Gasteiger partial charge in [-0.1, -0.05) is 11.6 Å². The van der Waals surface area contributed by atoms with Crippen LogP contribution in [-0.2, 0) is 0 Å². The third kappa shape index (κ3) is 2.40. The van der Waals surface area contributed by atoms with Gasteiger partial charge in [0.2, 0.25) is 0 Å². The van der Waals surface area contributed by atoms with Crippen molar-refractivity contribution in [2.75, 3.05) is 5.32 Å². The number of carbonyl (C=O) groups excluding carboxylic acids is 1. The largest absolute Gasteiger partial charge is 0.320 e. The summed E-state index contributed by atoms with van der Waals surface area (Å²) in [5.74, 6) is -0.131. The molecule has 0 spiro atoms. The third-order valence-electron chi connectivity index (χ3n) is 2.08. The summed E-state index contributed by atoms with van der Waals surface area (Å²) in [5.41, 5.74) is 2.04. The van der Waals surface area contributed by atoms with Crippen LogP contribution in [0.25, 0.3) is 0 Å². The van der Waals surface area contributed by atoms with Crippen LogP contribution < -0.4 is 5.32 Å². The Morgan fingerprint density at radius 1 is 1.44 bits per heavy atom. The molecule has 2 rings (SSSR count). The summed E-state index contributed by atoms with van der Waals surface area (Å²) in [6.07, 6.45) is 0. The van der Waals surface area contributed by atoms with Crippen molar-refractivity contribution in [1.29, 1.82) is 0 Å². The van der Waals surface area contributed by atoms with Gasteiger partial charge in [0.1, 0.15) is 5.15 Å². The van der Waals surface area contributed by atoms with Gasteiger partial charge in [0.25, 0.3) is 5.91 Å². The molecule has 2 aromatic rings. The molecule has 0 unspecified atom stereocenters. The Hall–Kier alpha value is -1.39. The van der Waals surface area contributed by atoms with Crippen molar-refractivity contribution in [2.24, 2.45) is 0 Å². The molecule has 1 amide bonds. The first kappa shape index (κ1) is 11.1. The van der Waals surface area contributed by atoms with Crippen molar-refractivity contribution in [1.82, 2.24) is 4.98 Å². The summed E-state index contributed by atoms with van der Waals surface area (Å²) in [6.45, 7) is 1.80. The molecule has 82 valence electrons. The van der Waals surface area contributed by atoms with Crippen LogP contribution in [-0.4, -0.2) is 10.9 Å². The van der Waals surface area contributed by atoms with Crippen molar-refractivity contribution >= 4 is 34.5 Å². The van der Waals surface area contributed by atoms with Gasteiger partial charge in [0, 0.05) is 5.38 Å². The van der Waals surface area contributed by atoms with E-state index in [1.165, 1.54) is 11.3 Å². The molecule has 5 heteroatoms. The summed E-state index contributed by atoms with van der Waals surface area (Å²) >= 11 is 7.22. The number of pyridine rings is 1. The van der Waals surface area contributed by atoms with Gasteiger partial charge in [-0.05, 0) is 30.5 Å². The Morgan fingerprint density at radius 2 is 2.25 bits per heavy atom. The number of rotatable bonds is 2. The summed E-state index contributed by atoms with van der Waals surface area (Å²) in [7, 11) is 0. The van der Waals surface area contributed by atoms with Crippen LogP contribution in [0, 0.1) is 6.92 Å². The monoisotopic (exact) mass is 252 g/mol. The highest BCUT2D eigenvalue weighted by Gasteiger charge is 2.08. The molecule has 0 saturated carbocycles. The topological polar surface area (TPSA) is 42.0 Å². The zero-order chi connectivity index (χ0) is 11.5. The molecule has 0 fully saturated rings. The van der Waals surface area contributed by atoms with E-state index in [0.29, 0.717) is 22.1 Å². The van der Waals surface area contributed by atoms with Crippen molar-refractivity contribution in [3.05, 3.63) is 45.4 Å². The van der Waals surface area contributed by atoms with Crippen LogP contribution >= 0.6 is 22.9 Å². The molecule has 0 atom stereocenters. The molecule has 3 nitrogen and oxygen atoms in total. The molecule has 2 heterocycles. The number of carbonyl (C=O) groups is 1. The molecule has 16 heavy (non-hydrogen) atoms. The standard InChI is InChI=1S/C11H9ClN2OS/c1-7-9(2-3-10(12)13-7)14-11(15)8-4-5-16-6-8/h2-6H,1H3,(H,14,15). The number of amides is 1. The quantitative estimate of drug-likeness (QED) is 0.833. The fourth-order valence-electron chi connectivity index (χ4n) is 1.25. The maximum absolute atomic E-state index is 11.7. The number of halogens is 1. The Morgan fingerprint density at radius 3 is 2.88 bits per heavy atom. The molecule has 0 bridgehead atoms. The Kier molecular flexibility index (Phi) is 3.22. The molecule has 2 aromatic heterocycles. The predicted octanol–water partition coefficient (Wildman–Crippen LogP) is 3.36. The van der Waals surface area contributed by atoms with Crippen LogP contribution in [0.2, 0.25) is 5.15 Å². The fraction of sp³-hybridized carbons (Fsp3) is 0.0909. The van der Waals surface area contributed by atoms with Crippen LogP contribution in [0.4, 0.5) is 5.69 Å². The van der Waals surface area contributed by atoms with Crippen molar-refractivity contribution < 1.29 is 4.79 Å². The van der Waals surface area contributed by atoms with E-state index in [4.69, 9.17) is 11.6 Å². The van der Waals surface area contributed by atoms with Crippen molar-refractivity contribution in [3.8, 4) is 0 Å². The van der Waals surface area contributed by atoms with Gasteiger partial charge < -0.3 is 5.32 Å². The first-order chi connectivity index (χ1) is 7.66. The summed E-state index contributed by atoms with van der Waals surface area (Å²) in [4.78, 5) is 15.8. The highest BCUT2D eigenvalue weighted by Crippen LogP contribution is 2.17. The van der Waals surface area contributed by atoms with Gasteiger partial charge in [-0.2, -0.15) is 11.3 Å². The van der Waals surface area contributed by atoms with Gasteiger partial charge in [-0.15, -0.1) is 0 Å². The zero-order valence-corrected chi connectivity index (χ0v) is 10.1. The summed E-state index contributed by atoms with van der Waals surface area (Å²) in [6, 6.07) is 5.17. The highest BCUT2D eigenvalue weighted by atomic mass is 35.5. The molecule has 0 aromatic carbocycles. The van der Waals surface area contributed by atoms with E-state index in [9.17, 15) is 4.79 Å². The minimum absolute atomic E-state index is 0.131. The molecule has 0 aliphatic heterocycles. The number of anilines is 1. The maximum atomic E-state index is 11.7. The van der Waals surface area contributed by atoms with Gasteiger partial charge >= 0.3 is 0 Å². The van der Waals surface area contributed by atoms with E-state index in [2.05, 4.69) is 10.3 Å². The Balaban J connectivity index is 2.18. The number of hydrogen-bond acceptors (Lipinski definition) is 3. The lowest BCUT2D eigenvalue weighted by Gasteiger charge is -2.06. The number of nitrogens with one attached hydrogen (secondary N) is 1. The molecule has 0 aliphatic rings. The van der Waals surface area contributed by atoms with E-state index >= 15 is 0 Å². The minimum atomic E-state index is -0.131. The normalized spacial score (nSPS) is 10.1. The molecular formula is C11H9ClN2OS. The molecule has 0 radical (unpaired) electrons. The zero-order valence-electron chi connectivity index (χ0n) is 8.53. The van der Waals surface area contributed by atoms with Gasteiger partial charge in [0.05, 0.1) is 16.9 Å². The lowest BCUT2D eigenvalue weighted by Crippen LogP contribution is -2.12.